The van der Waals surface area contributed by atoms with Crippen molar-refractivity contribution in [2.24, 2.45) is 0 Å². The molecule has 0 aliphatic rings. The summed E-state index contributed by atoms with van der Waals surface area (Å²) in [6.45, 7) is 3.17. The number of carbonyl (C=O) groups excluding carboxylic acids is 2. The molecular formula is C11H18N2O7. The smallest absolute Gasteiger partial charge is 0.326 e. The van der Waals surface area contributed by atoms with Crippen LogP contribution in [-0.2, 0) is 19.1 Å². The lowest BCUT2D eigenvalue weighted by atomic mass is 10.2. The number of carbonyl (C=O) groups is 4. The Hall–Kier alpha value is -2.32. The van der Waals surface area contributed by atoms with Crippen molar-refractivity contribution in [1.82, 2.24) is 10.2 Å². The fourth-order valence-electron chi connectivity index (χ4n) is 1.30. The van der Waals surface area contributed by atoms with Crippen LogP contribution in [0.1, 0.15) is 20.3 Å². The number of ether oxygens (including phenoxy) is 1. The van der Waals surface area contributed by atoms with Gasteiger partial charge in [0.2, 0.25) is 0 Å². The quantitative estimate of drug-likeness (QED) is 0.513. The fraction of sp³-hybridized carbons (Fsp3) is 0.636. The molecule has 0 unspecified atom stereocenters. The van der Waals surface area contributed by atoms with Gasteiger partial charge in [0.25, 0.3) is 0 Å². The van der Waals surface area contributed by atoms with Gasteiger partial charge in [-0.1, -0.05) is 0 Å². The number of hydrogen-bond donors (Lipinski definition) is 3. The molecule has 0 saturated heterocycles. The van der Waals surface area contributed by atoms with E-state index in [2.05, 4.69) is 4.74 Å². The maximum Gasteiger partial charge on any atom is 0.326 e. The Morgan fingerprint density at radius 3 is 2.20 bits per heavy atom. The minimum absolute atomic E-state index is 0.143. The average molecular weight is 290 g/mol. The predicted molar refractivity (Wildman–Crippen MR) is 66.1 cm³/mol. The summed E-state index contributed by atoms with van der Waals surface area (Å²) in [5, 5.41) is 19.4. The molecule has 9 nitrogen and oxygen atoms in total. The highest BCUT2D eigenvalue weighted by Crippen LogP contribution is 1.97. The maximum atomic E-state index is 11.8. The number of aliphatic carboxylic acids is 2. The van der Waals surface area contributed by atoms with Gasteiger partial charge >= 0.3 is 23.9 Å². The van der Waals surface area contributed by atoms with Crippen LogP contribution in [0.2, 0.25) is 0 Å². The lowest BCUT2D eigenvalue weighted by Crippen LogP contribution is -2.50. The van der Waals surface area contributed by atoms with E-state index >= 15 is 0 Å². The number of carboxylic acids is 2. The summed E-state index contributed by atoms with van der Waals surface area (Å²) >= 11 is 0. The molecule has 1 atom stereocenters. The Kier molecular flexibility index (Phi) is 7.71. The normalized spacial score (nSPS) is 11.3. The summed E-state index contributed by atoms with van der Waals surface area (Å²) in [5.74, 6) is -3.45. The van der Waals surface area contributed by atoms with Crippen LogP contribution in [0.5, 0.6) is 0 Å². The van der Waals surface area contributed by atoms with Crippen LogP contribution in [-0.4, -0.2) is 64.8 Å². The number of nitrogens with zero attached hydrogens (tertiary/aromatic N) is 1. The van der Waals surface area contributed by atoms with Gasteiger partial charge in [0.05, 0.1) is 13.0 Å². The second-order valence-corrected chi connectivity index (χ2v) is 3.76. The highest BCUT2D eigenvalue weighted by atomic mass is 16.5. The SMILES string of the molecule is CCOC(=O)CN(CC)C(=O)N[C@@H](CC(=O)O)C(=O)O. The van der Waals surface area contributed by atoms with Crippen molar-refractivity contribution >= 4 is 23.9 Å². The maximum absolute atomic E-state index is 11.8. The van der Waals surface area contributed by atoms with Gasteiger partial charge in [0.15, 0.2) is 0 Å². The fourth-order valence-corrected chi connectivity index (χ4v) is 1.30. The third kappa shape index (κ3) is 6.57. The van der Waals surface area contributed by atoms with Crippen molar-refractivity contribution in [3.05, 3.63) is 0 Å². The van der Waals surface area contributed by atoms with Crippen LogP contribution < -0.4 is 5.32 Å². The van der Waals surface area contributed by atoms with Gasteiger partial charge in [-0.15, -0.1) is 0 Å². The van der Waals surface area contributed by atoms with E-state index in [0.717, 1.165) is 4.90 Å². The number of carboxylic acid groups (broad SMARTS) is 2. The van der Waals surface area contributed by atoms with E-state index in [4.69, 9.17) is 10.2 Å². The molecular weight excluding hydrogens is 272 g/mol. The van der Waals surface area contributed by atoms with E-state index in [9.17, 15) is 19.2 Å². The zero-order valence-corrected chi connectivity index (χ0v) is 11.3. The van der Waals surface area contributed by atoms with Gasteiger partial charge in [-0.05, 0) is 13.8 Å². The Morgan fingerprint density at radius 2 is 1.80 bits per heavy atom. The second kappa shape index (κ2) is 8.73. The molecule has 0 bridgehead atoms. The van der Waals surface area contributed by atoms with E-state index in [1.807, 2.05) is 5.32 Å². The average Bonchev–Trinajstić information content (AvgIpc) is 2.34. The molecule has 114 valence electrons. The summed E-state index contributed by atoms with van der Waals surface area (Å²) in [4.78, 5) is 45.4. The topological polar surface area (TPSA) is 133 Å². The largest absolute Gasteiger partial charge is 0.481 e. The van der Waals surface area contributed by atoms with Crippen molar-refractivity contribution < 1.29 is 34.1 Å². The molecule has 0 saturated carbocycles. The van der Waals surface area contributed by atoms with Crippen molar-refractivity contribution in [2.45, 2.75) is 26.3 Å². The summed E-state index contributed by atoms with van der Waals surface area (Å²) in [6.07, 6.45) is -0.752. The summed E-state index contributed by atoms with van der Waals surface area (Å²) in [6, 6.07) is -2.40. The van der Waals surface area contributed by atoms with Crippen molar-refractivity contribution in [3.8, 4) is 0 Å². The van der Waals surface area contributed by atoms with Gasteiger partial charge in [-0.2, -0.15) is 0 Å². The van der Waals surface area contributed by atoms with Gasteiger partial charge in [-0.3, -0.25) is 9.59 Å². The summed E-state index contributed by atoms with van der Waals surface area (Å²) in [5.41, 5.74) is 0. The number of likely N-dealkylation sites (N-methyl/N-ethyl adjacent to an activating group) is 1. The highest BCUT2D eigenvalue weighted by molar-refractivity contribution is 5.87. The van der Waals surface area contributed by atoms with E-state index in [-0.39, 0.29) is 19.7 Å². The predicted octanol–water partition coefficient (Wildman–Crippen LogP) is -0.491. The first-order chi connectivity index (χ1) is 9.31. The number of esters is 1. The van der Waals surface area contributed by atoms with Crippen LogP contribution in [0.25, 0.3) is 0 Å². The molecule has 0 spiro atoms. The first-order valence-electron chi connectivity index (χ1n) is 5.97. The van der Waals surface area contributed by atoms with E-state index in [1.165, 1.54) is 0 Å². The molecule has 20 heavy (non-hydrogen) atoms. The van der Waals surface area contributed by atoms with Gasteiger partial charge in [0.1, 0.15) is 12.6 Å². The first-order valence-corrected chi connectivity index (χ1v) is 5.97. The Morgan fingerprint density at radius 1 is 1.20 bits per heavy atom. The number of nitrogens with one attached hydrogen (secondary N) is 1. The van der Waals surface area contributed by atoms with Crippen LogP contribution >= 0.6 is 0 Å². The lowest BCUT2D eigenvalue weighted by molar-refractivity contribution is -0.145. The van der Waals surface area contributed by atoms with Crippen LogP contribution in [0.3, 0.4) is 0 Å². The Balaban J connectivity index is 4.62. The second-order valence-electron chi connectivity index (χ2n) is 3.76. The van der Waals surface area contributed by atoms with Crippen molar-refractivity contribution in [2.75, 3.05) is 19.7 Å². The van der Waals surface area contributed by atoms with Crippen molar-refractivity contribution in [3.63, 3.8) is 0 Å². The molecule has 0 heterocycles. The Labute approximate surface area is 115 Å². The van der Waals surface area contributed by atoms with Crippen molar-refractivity contribution in [1.29, 1.82) is 0 Å². The number of hydrogen-bond acceptors (Lipinski definition) is 5. The minimum Gasteiger partial charge on any atom is -0.481 e. The third-order valence-corrected chi connectivity index (χ3v) is 2.27. The van der Waals surface area contributed by atoms with E-state index < -0.39 is 36.4 Å². The summed E-state index contributed by atoms with van der Waals surface area (Å²) in [7, 11) is 0. The summed E-state index contributed by atoms with van der Waals surface area (Å²) < 4.78 is 4.67. The van der Waals surface area contributed by atoms with Crippen LogP contribution in [0, 0.1) is 0 Å². The first kappa shape index (κ1) is 17.7. The lowest BCUT2D eigenvalue weighted by Gasteiger charge is -2.22. The van der Waals surface area contributed by atoms with Gasteiger partial charge in [-0.25, -0.2) is 9.59 Å². The molecule has 0 aromatic rings. The van der Waals surface area contributed by atoms with E-state index in [1.54, 1.807) is 13.8 Å². The Bertz CT molecular complexity index is 383. The van der Waals surface area contributed by atoms with E-state index in [0.29, 0.717) is 0 Å². The number of amides is 2. The molecule has 0 aliphatic carbocycles. The zero-order valence-electron chi connectivity index (χ0n) is 11.3. The number of urea groups is 1. The van der Waals surface area contributed by atoms with Crippen LogP contribution in [0.15, 0.2) is 0 Å². The van der Waals surface area contributed by atoms with Gasteiger partial charge < -0.3 is 25.2 Å². The third-order valence-electron chi connectivity index (χ3n) is 2.27. The van der Waals surface area contributed by atoms with Crippen LogP contribution in [0.4, 0.5) is 4.79 Å². The molecule has 0 aromatic heterocycles. The molecule has 0 aliphatic heterocycles. The van der Waals surface area contributed by atoms with Gasteiger partial charge in [0, 0.05) is 6.54 Å². The molecule has 0 fully saturated rings. The molecule has 9 heteroatoms. The molecule has 0 radical (unpaired) electrons. The number of rotatable bonds is 8. The molecule has 3 N–H and O–H groups in total. The monoisotopic (exact) mass is 290 g/mol. The zero-order chi connectivity index (χ0) is 15.7. The standard InChI is InChI=1S/C11H18N2O7/c1-3-13(6-9(16)20-4-2)11(19)12-7(10(17)18)5-8(14)15/h7H,3-6H2,1-2H3,(H,12,19)(H,14,15)(H,17,18)/t7-/m0/s1. The molecule has 2 amide bonds. The molecule has 0 rings (SSSR count). The minimum atomic E-state index is -1.56. The molecule has 0 aromatic carbocycles. The highest BCUT2D eigenvalue weighted by Gasteiger charge is 2.26.